The molecule has 0 spiro atoms. The summed E-state index contributed by atoms with van der Waals surface area (Å²) in [4.78, 5) is 22.3. The normalized spacial score (nSPS) is 11.1. The highest BCUT2D eigenvalue weighted by Gasteiger charge is 2.17. The van der Waals surface area contributed by atoms with Gasteiger partial charge < -0.3 is 10.1 Å². The van der Waals surface area contributed by atoms with Crippen LogP contribution in [0.15, 0.2) is 4.34 Å². The number of anilines is 1. The number of rotatable bonds is 4. The Hall–Kier alpha value is -1.15. The second-order valence-corrected chi connectivity index (χ2v) is 6.63. The summed E-state index contributed by atoms with van der Waals surface area (Å²) in [5.74, 6) is -0.329. The summed E-state index contributed by atoms with van der Waals surface area (Å²) < 4.78 is 5.77. The smallest absolute Gasteiger partial charge is 0.316 e. The van der Waals surface area contributed by atoms with Crippen molar-refractivity contribution in [2.45, 2.75) is 37.6 Å². The van der Waals surface area contributed by atoms with Crippen LogP contribution in [0.5, 0.6) is 0 Å². The molecule has 100 valence electrons. The molecule has 1 aromatic heterocycles. The van der Waals surface area contributed by atoms with Crippen molar-refractivity contribution in [1.82, 2.24) is 10.2 Å². The molecule has 8 heteroatoms. The van der Waals surface area contributed by atoms with Gasteiger partial charge in [-0.2, -0.15) is 0 Å². The van der Waals surface area contributed by atoms with Crippen molar-refractivity contribution in [3.63, 3.8) is 0 Å². The number of thioether (sulfide) groups is 1. The molecule has 1 aromatic rings. The quantitative estimate of drug-likeness (QED) is 0.518. The van der Waals surface area contributed by atoms with Crippen molar-refractivity contribution in [2.24, 2.45) is 0 Å². The van der Waals surface area contributed by atoms with Crippen molar-refractivity contribution in [1.29, 1.82) is 0 Å². The van der Waals surface area contributed by atoms with Gasteiger partial charge in [0.05, 0.1) is 5.75 Å². The molecule has 1 heterocycles. The van der Waals surface area contributed by atoms with Gasteiger partial charge in [-0.25, -0.2) is 0 Å². The van der Waals surface area contributed by atoms with Gasteiger partial charge in [-0.1, -0.05) is 23.1 Å². The molecule has 0 aliphatic heterocycles. The van der Waals surface area contributed by atoms with E-state index in [0.29, 0.717) is 9.47 Å². The molecule has 0 bridgehead atoms. The summed E-state index contributed by atoms with van der Waals surface area (Å²) >= 11 is 2.46. The molecule has 0 unspecified atom stereocenters. The van der Waals surface area contributed by atoms with Gasteiger partial charge in [-0.15, -0.1) is 10.2 Å². The Labute approximate surface area is 114 Å². The SMILES string of the molecule is CC(=O)Nc1nnc(SCC(=O)OC(C)(C)C)s1. The van der Waals surface area contributed by atoms with Crippen LogP contribution in [0.4, 0.5) is 5.13 Å². The van der Waals surface area contributed by atoms with Crippen LogP contribution >= 0.6 is 23.1 Å². The zero-order valence-corrected chi connectivity index (χ0v) is 12.3. The summed E-state index contributed by atoms with van der Waals surface area (Å²) in [5.41, 5.74) is -0.486. The average Bonchev–Trinajstić information content (AvgIpc) is 2.59. The third-order valence-electron chi connectivity index (χ3n) is 1.42. The molecule has 0 aliphatic rings. The Balaban J connectivity index is 2.42. The molecule has 0 saturated heterocycles. The van der Waals surface area contributed by atoms with Crippen LogP contribution in [0, 0.1) is 0 Å². The number of ether oxygens (including phenoxy) is 1. The number of carbonyl (C=O) groups excluding carboxylic acids is 2. The molecule has 0 aliphatic carbocycles. The second kappa shape index (κ2) is 6.14. The van der Waals surface area contributed by atoms with E-state index in [4.69, 9.17) is 4.74 Å². The van der Waals surface area contributed by atoms with E-state index in [1.54, 1.807) is 0 Å². The van der Waals surface area contributed by atoms with Crippen molar-refractivity contribution in [3.05, 3.63) is 0 Å². The maximum Gasteiger partial charge on any atom is 0.316 e. The molecule has 0 radical (unpaired) electrons. The lowest BCUT2D eigenvalue weighted by molar-refractivity contribution is -0.151. The van der Waals surface area contributed by atoms with Gasteiger partial charge in [0.15, 0.2) is 4.34 Å². The molecule has 0 saturated carbocycles. The Bertz CT molecular complexity index is 440. The van der Waals surface area contributed by atoms with Crippen LogP contribution in [-0.4, -0.2) is 33.4 Å². The van der Waals surface area contributed by atoms with E-state index in [2.05, 4.69) is 15.5 Å². The first-order valence-corrected chi connectivity index (χ1v) is 7.02. The first-order chi connectivity index (χ1) is 8.26. The topological polar surface area (TPSA) is 81.2 Å². The Morgan fingerprint density at radius 1 is 1.39 bits per heavy atom. The van der Waals surface area contributed by atoms with Gasteiger partial charge in [-0.05, 0) is 20.8 Å². The van der Waals surface area contributed by atoms with Crippen LogP contribution < -0.4 is 5.32 Å². The molecular formula is C10H15N3O3S2. The minimum absolute atomic E-state index is 0.173. The second-order valence-electron chi connectivity index (χ2n) is 4.43. The van der Waals surface area contributed by atoms with Crippen LogP contribution in [0.3, 0.4) is 0 Å². The van der Waals surface area contributed by atoms with E-state index in [-0.39, 0.29) is 17.6 Å². The maximum absolute atomic E-state index is 11.5. The van der Waals surface area contributed by atoms with E-state index in [1.807, 2.05) is 20.8 Å². The molecule has 0 atom stereocenters. The van der Waals surface area contributed by atoms with Crippen molar-refractivity contribution in [3.8, 4) is 0 Å². The summed E-state index contributed by atoms with van der Waals surface area (Å²) in [6.07, 6.45) is 0. The summed E-state index contributed by atoms with van der Waals surface area (Å²) in [7, 11) is 0. The van der Waals surface area contributed by atoms with Gasteiger partial charge in [0, 0.05) is 6.92 Å². The van der Waals surface area contributed by atoms with Gasteiger partial charge in [0.1, 0.15) is 5.60 Å². The molecule has 1 amide bonds. The fraction of sp³-hybridized carbons (Fsp3) is 0.600. The van der Waals surface area contributed by atoms with Crippen LogP contribution in [0.2, 0.25) is 0 Å². The van der Waals surface area contributed by atoms with Crippen LogP contribution in [-0.2, 0) is 14.3 Å². The molecular weight excluding hydrogens is 274 g/mol. The lowest BCUT2D eigenvalue weighted by atomic mass is 10.2. The number of esters is 1. The minimum atomic E-state index is -0.486. The zero-order valence-electron chi connectivity index (χ0n) is 10.6. The number of hydrogen-bond acceptors (Lipinski definition) is 7. The van der Waals surface area contributed by atoms with Crippen molar-refractivity contribution >= 4 is 40.1 Å². The fourth-order valence-corrected chi connectivity index (χ4v) is 2.53. The largest absolute Gasteiger partial charge is 0.459 e. The van der Waals surface area contributed by atoms with Gasteiger partial charge >= 0.3 is 5.97 Å². The highest BCUT2D eigenvalue weighted by Crippen LogP contribution is 2.25. The predicted molar refractivity (Wildman–Crippen MR) is 70.8 cm³/mol. The Morgan fingerprint density at radius 3 is 2.61 bits per heavy atom. The van der Waals surface area contributed by atoms with E-state index < -0.39 is 5.60 Å². The number of nitrogens with zero attached hydrogens (tertiary/aromatic N) is 2. The zero-order chi connectivity index (χ0) is 13.8. The van der Waals surface area contributed by atoms with E-state index >= 15 is 0 Å². The number of aromatic nitrogens is 2. The van der Waals surface area contributed by atoms with E-state index in [0.717, 1.165) is 0 Å². The first kappa shape index (κ1) is 14.9. The highest BCUT2D eigenvalue weighted by atomic mass is 32.2. The minimum Gasteiger partial charge on any atom is -0.459 e. The molecule has 18 heavy (non-hydrogen) atoms. The van der Waals surface area contributed by atoms with E-state index in [9.17, 15) is 9.59 Å². The number of hydrogen-bond donors (Lipinski definition) is 1. The van der Waals surface area contributed by atoms with Crippen molar-refractivity contribution < 1.29 is 14.3 Å². The Kier molecular flexibility index (Phi) is 5.09. The standard InChI is InChI=1S/C10H15N3O3S2/c1-6(14)11-8-12-13-9(18-8)17-5-7(15)16-10(2,3)4/h5H2,1-4H3,(H,11,12,14). The fourth-order valence-electron chi connectivity index (χ4n) is 0.961. The lowest BCUT2D eigenvalue weighted by Gasteiger charge is -2.18. The molecule has 1 rings (SSSR count). The summed E-state index contributed by atoms with van der Waals surface area (Å²) in [6, 6.07) is 0. The van der Waals surface area contributed by atoms with Crippen LogP contribution in [0.25, 0.3) is 0 Å². The average molecular weight is 289 g/mol. The summed E-state index contributed by atoms with van der Waals surface area (Å²) in [6.45, 7) is 6.84. The third kappa shape index (κ3) is 5.97. The maximum atomic E-state index is 11.5. The Morgan fingerprint density at radius 2 is 2.06 bits per heavy atom. The van der Waals surface area contributed by atoms with Gasteiger partial charge in [-0.3, -0.25) is 9.59 Å². The van der Waals surface area contributed by atoms with Gasteiger partial charge in [0.2, 0.25) is 11.0 Å². The van der Waals surface area contributed by atoms with Gasteiger partial charge in [0.25, 0.3) is 0 Å². The van der Waals surface area contributed by atoms with Crippen LogP contribution in [0.1, 0.15) is 27.7 Å². The summed E-state index contributed by atoms with van der Waals surface area (Å²) in [5, 5.41) is 10.6. The lowest BCUT2D eigenvalue weighted by Crippen LogP contribution is -2.24. The molecule has 0 aromatic carbocycles. The number of amides is 1. The molecule has 0 fully saturated rings. The first-order valence-electron chi connectivity index (χ1n) is 5.22. The third-order valence-corrected chi connectivity index (χ3v) is 3.37. The van der Waals surface area contributed by atoms with E-state index in [1.165, 1.54) is 30.0 Å². The molecule has 6 nitrogen and oxygen atoms in total. The highest BCUT2D eigenvalue weighted by molar-refractivity contribution is 8.01. The molecule has 1 N–H and O–H groups in total. The van der Waals surface area contributed by atoms with Crippen molar-refractivity contribution in [2.75, 3.05) is 11.1 Å². The number of carbonyl (C=O) groups is 2. The predicted octanol–water partition coefficient (Wildman–Crippen LogP) is 1.93. The number of nitrogens with one attached hydrogen (secondary N) is 1. The monoisotopic (exact) mass is 289 g/mol.